The van der Waals surface area contributed by atoms with Gasteiger partial charge < -0.3 is 15.7 Å². The summed E-state index contributed by atoms with van der Waals surface area (Å²) in [5.74, 6) is -0.961. The number of aromatic carboxylic acids is 1. The molecule has 0 spiro atoms. The third-order valence-corrected chi connectivity index (χ3v) is 3.81. The second-order valence-electron chi connectivity index (χ2n) is 5.16. The van der Waals surface area contributed by atoms with E-state index in [4.69, 9.17) is 17.3 Å². The minimum atomic E-state index is -0.977. The normalized spacial score (nSPS) is 15.2. The van der Waals surface area contributed by atoms with Gasteiger partial charge in [0, 0.05) is 11.6 Å². The van der Waals surface area contributed by atoms with Crippen LogP contribution < -0.4 is 10.6 Å². The second kappa shape index (κ2) is 7.17. The average molecular weight is 306 g/mol. The largest absolute Gasteiger partial charge is 0.478 e. The van der Waals surface area contributed by atoms with E-state index in [-0.39, 0.29) is 22.5 Å². The lowest BCUT2D eigenvalue weighted by atomic mass is 9.89. The van der Waals surface area contributed by atoms with Gasteiger partial charge in [0.1, 0.15) is 0 Å². The maximum atomic E-state index is 12.0. The zero-order valence-electron chi connectivity index (χ0n) is 11.6. The van der Waals surface area contributed by atoms with Gasteiger partial charge in [-0.15, -0.1) is 0 Å². The maximum Gasteiger partial charge on any atom is 0.335 e. The summed E-state index contributed by atoms with van der Waals surface area (Å²) in [6, 6.07) is 6.19. The third kappa shape index (κ3) is 4.53. The molecule has 0 unspecified atom stereocenters. The Morgan fingerprint density at radius 3 is 2.29 bits per heavy atom. The van der Waals surface area contributed by atoms with Gasteiger partial charge in [-0.1, -0.05) is 19.3 Å². The minimum Gasteiger partial charge on any atom is -0.478 e. The molecule has 0 heterocycles. The molecule has 21 heavy (non-hydrogen) atoms. The molecule has 1 amide bonds. The first-order valence-corrected chi connectivity index (χ1v) is 7.42. The number of nitrogens with one attached hydrogen (secondary N) is 2. The Bertz CT molecular complexity index is 536. The predicted octanol–water partition coefficient (Wildman–Crippen LogP) is 2.78. The molecular weight excluding hydrogens is 288 g/mol. The van der Waals surface area contributed by atoms with Crippen molar-refractivity contribution >= 4 is 34.9 Å². The number of hydrogen-bond donors (Lipinski definition) is 3. The Hall–Kier alpha value is -1.95. The van der Waals surface area contributed by atoms with Gasteiger partial charge in [-0.3, -0.25) is 4.79 Å². The fourth-order valence-corrected chi connectivity index (χ4v) is 2.66. The highest BCUT2D eigenvalue weighted by Crippen LogP contribution is 2.23. The van der Waals surface area contributed by atoms with E-state index >= 15 is 0 Å². The summed E-state index contributed by atoms with van der Waals surface area (Å²) in [5, 5.41) is 14.6. The highest BCUT2D eigenvalue weighted by atomic mass is 32.1. The molecule has 112 valence electrons. The number of carboxylic acids is 1. The molecule has 1 saturated carbocycles. The summed E-state index contributed by atoms with van der Waals surface area (Å²) in [4.78, 5) is 22.8. The average Bonchev–Trinajstić information content (AvgIpc) is 2.48. The molecule has 3 N–H and O–H groups in total. The van der Waals surface area contributed by atoms with Crippen LogP contribution in [0.1, 0.15) is 42.5 Å². The summed E-state index contributed by atoms with van der Waals surface area (Å²) in [6.07, 6.45) is 5.22. The van der Waals surface area contributed by atoms with Crippen molar-refractivity contribution in [2.45, 2.75) is 32.1 Å². The first-order valence-electron chi connectivity index (χ1n) is 7.01. The van der Waals surface area contributed by atoms with Crippen molar-refractivity contribution in [2.24, 2.45) is 5.92 Å². The van der Waals surface area contributed by atoms with E-state index in [1.165, 1.54) is 18.6 Å². The number of benzene rings is 1. The quantitative estimate of drug-likeness (QED) is 0.748. The SMILES string of the molecule is O=C(O)c1ccc(NC(=S)NC(=O)C2CCCCC2)cc1. The Morgan fingerprint density at radius 1 is 1.10 bits per heavy atom. The summed E-state index contributed by atoms with van der Waals surface area (Å²) >= 11 is 5.11. The standard InChI is InChI=1S/C15H18N2O3S/c18-13(10-4-2-1-3-5-10)17-15(21)16-12-8-6-11(7-9-12)14(19)20/h6-10H,1-5H2,(H,19,20)(H2,16,17,18,21). The number of anilines is 1. The number of hydrogen-bond acceptors (Lipinski definition) is 3. The van der Waals surface area contributed by atoms with Crippen molar-refractivity contribution in [1.82, 2.24) is 5.32 Å². The molecule has 0 aromatic heterocycles. The molecule has 5 nitrogen and oxygen atoms in total. The van der Waals surface area contributed by atoms with Crippen LogP contribution in [0.25, 0.3) is 0 Å². The van der Waals surface area contributed by atoms with E-state index in [1.807, 2.05) is 0 Å². The number of thiocarbonyl (C=S) groups is 1. The van der Waals surface area contributed by atoms with E-state index < -0.39 is 5.97 Å². The molecule has 1 aromatic rings. The van der Waals surface area contributed by atoms with E-state index in [2.05, 4.69) is 10.6 Å². The lowest BCUT2D eigenvalue weighted by Gasteiger charge is -2.21. The molecule has 1 aliphatic rings. The maximum absolute atomic E-state index is 12.0. The van der Waals surface area contributed by atoms with E-state index in [0.717, 1.165) is 25.7 Å². The molecule has 0 saturated heterocycles. The zero-order chi connectivity index (χ0) is 15.2. The lowest BCUT2D eigenvalue weighted by molar-refractivity contribution is -0.124. The zero-order valence-corrected chi connectivity index (χ0v) is 12.4. The number of amides is 1. The van der Waals surface area contributed by atoms with Crippen LogP contribution in [0.3, 0.4) is 0 Å². The van der Waals surface area contributed by atoms with Gasteiger partial charge in [-0.25, -0.2) is 4.79 Å². The van der Waals surface area contributed by atoms with Crippen molar-refractivity contribution < 1.29 is 14.7 Å². The van der Waals surface area contributed by atoms with Crippen LogP contribution in [0.15, 0.2) is 24.3 Å². The molecule has 2 rings (SSSR count). The molecule has 1 aromatic carbocycles. The summed E-state index contributed by atoms with van der Waals surface area (Å²) in [6.45, 7) is 0. The van der Waals surface area contributed by atoms with Gasteiger partial charge in [0.05, 0.1) is 5.56 Å². The van der Waals surface area contributed by atoms with Gasteiger partial charge in [-0.2, -0.15) is 0 Å². The first-order chi connectivity index (χ1) is 10.1. The Balaban J connectivity index is 1.86. The predicted molar refractivity (Wildman–Crippen MR) is 84.3 cm³/mol. The van der Waals surface area contributed by atoms with Gasteiger partial charge >= 0.3 is 5.97 Å². The van der Waals surface area contributed by atoms with Crippen LogP contribution in [0, 0.1) is 5.92 Å². The number of carbonyl (C=O) groups is 2. The van der Waals surface area contributed by atoms with Crippen molar-refractivity contribution in [3.05, 3.63) is 29.8 Å². The molecule has 0 atom stereocenters. The monoisotopic (exact) mass is 306 g/mol. The van der Waals surface area contributed by atoms with Crippen molar-refractivity contribution in [3.8, 4) is 0 Å². The Morgan fingerprint density at radius 2 is 1.71 bits per heavy atom. The molecule has 6 heteroatoms. The number of rotatable bonds is 3. The van der Waals surface area contributed by atoms with Crippen molar-refractivity contribution in [2.75, 3.05) is 5.32 Å². The van der Waals surface area contributed by atoms with E-state index in [0.29, 0.717) is 5.69 Å². The Labute approximate surface area is 128 Å². The van der Waals surface area contributed by atoms with Crippen LogP contribution in [0.5, 0.6) is 0 Å². The molecule has 0 bridgehead atoms. The van der Waals surface area contributed by atoms with Gasteiger partial charge in [0.2, 0.25) is 5.91 Å². The van der Waals surface area contributed by atoms with Crippen LogP contribution in [0.4, 0.5) is 5.69 Å². The van der Waals surface area contributed by atoms with Crippen molar-refractivity contribution in [3.63, 3.8) is 0 Å². The van der Waals surface area contributed by atoms with Crippen LogP contribution in [-0.4, -0.2) is 22.1 Å². The molecular formula is C15H18N2O3S. The fourth-order valence-electron chi connectivity index (χ4n) is 2.44. The van der Waals surface area contributed by atoms with Crippen molar-refractivity contribution in [1.29, 1.82) is 0 Å². The molecule has 1 aliphatic carbocycles. The molecule has 0 aliphatic heterocycles. The topological polar surface area (TPSA) is 78.4 Å². The lowest BCUT2D eigenvalue weighted by Crippen LogP contribution is -2.38. The number of carboxylic acid groups (broad SMARTS) is 1. The minimum absolute atomic E-state index is 0.0330. The summed E-state index contributed by atoms with van der Waals surface area (Å²) in [7, 11) is 0. The summed E-state index contributed by atoms with van der Waals surface area (Å²) in [5.41, 5.74) is 0.853. The second-order valence-corrected chi connectivity index (χ2v) is 5.57. The first kappa shape index (κ1) is 15.4. The van der Waals surface area contributed by atoms with Gasteiger partial charge in [0.15, 0.2) is 5.11 Å². The summed E-state index contributed by atoms with van der Waals surface area (Å²) < 4.78 is 0. The smallest absolute Gasteiger partial charge is 0.335 e. The van der Waals surface area contributed by atoms with E-state index in [1.54, 1.807) is 12.1 Å². The Kier molecular flexibility index (Phi) is 5.27. The number of carbonyl (C=O) groups excluding carboxylic acids is 1. The van der Waals surface area contributed by atoms with E-state index in [9.17, 15) is 9.59 Å². The highest BCUT2D eigenvalue weighted by Gasteiger charge is 2.21. The fraction of sp³-hybridized carbons (Fsp3) is 0.400. The van der Waals surface area contributed by atoms with Gasteiger partial charge in [0.25, 0.3) is 0 Å². The third-order valence-electron chi connectivity index (χ3n) is 3.60. The molecule has 0 radical (unpaired) electrons. The van der Waals surface area contributed by atoms with Crippen LogP contribution >= 0.6 is 12.2 Å². The van der Waals surface area contributed by atoms with Gasteiger partial charge in [-0.05, 0) is 49.3 Å². The van der Waals surface area contributed by atoms with Crippen LogP contribution in [-0.2, 0) is 4.79 Å². The van der Waals surface area contributed by atoms with Crippen LogP contribution in [0.2, 0.25) is 0 Å². The molecule has 1 fully saturated rings. The highest BCUT2D eigenvalue weighted by molar-refractivity contribution is 7.80.